The zero-order valence-corrected chi connectivity index (χ0v) is 17.0. The summed E-state index contributed by atoms with van der Waals surface area (Å²) in [6.45, 7) is 1.30. The van der Waals surface area contributed by atoms with Crippen LogP contribution >= 0.6 is 0 Å². The van der Waals surface area contributed by atoms with Crippen LogP contribution in [0.3, 0.4) is 0 Å². The number of pyridine rings is 1. The number of likely N-dealkylation sites (tertiary alicyclic amines) is 1. The fourth-order valence-corrected chi connectivity index (χ4v) is 4.28. The molecule has 0 spiro atoms. The maximum atomic E-state index is 13.2. The van der Waals surface area contributed by atoms with E-state index in [2.05, 4.69) is 27.1 Å². The molecule has 0 saturated carbocycles. The number of benzene rings is 2. The third kappa shape index (κ3) is 3.97. The van der Waals surface area contributed by atoms with Gasteiger partial charge >= 0.3 is 0 Å². The number of hydrogen-bond acceptors (Lipinski definition) is 4. The lowest BCUT2D eigenvalue weighted by Gasteiger charge is -2.32. The Balaban J connectivity index is 1.38. The monoisotopic (exact) mass is 410 g/mol. The molecule has 3 heterocycles. The van der Waals surface area contributed by atoms with Crippen molar-refractivity contribution in [2.75, 3.05) is 13.1 Å². The SMILES string of the molecule is O=C(c1ccc2cc(-c3cccnc3)ccc2c1)N1CCCC(c2cc(=O)[nH]cn2)C1. The van der Waals surface area contributed by atoms with Gasteiger partial charge in [0.15, 0.2) is 0 Å². The number of nitrogens with one attached hydrogen (secondary N) is 1. The van der Waals surface area contributed by atoms with Gasteiger partial charge in [-0.05, 0) is 53.4 Å². The molecule has 31 heavy (non-hydrogen) atoms. The van der Waals surface area contributed by atoms with E-state index in [0.29, 0.717) is 12.1 Å². The van der Waals surface area contributed by atoms with E-state index < -0.39 is 0 Å². The van der Waals surface area contributed by atoms with Crippen LogP contribution in [-0.4, -0.2) is 38.8 Å². The first kappa shape index (κ1) is 19.2. The van der Waals surface area contributed by atoms with Gasteiger partial charge in [0.25, 0.3) is 11.5 Å². The quantitative estimate of drug-likeness (QED) is 0.554. The summed E-state index contributed by atoms with van der Waals surface area (Å²) in [4.78, 5) is 37.8. The first-order chi connectivity index (χ1) is 15.2. The highest BCUT2D eigenvalue weighted by Gasteiger charge is 2.26. The normalized spacial score (nSPS) is 16.4. The number of aromatic nitrogens is 3. The Morgan fingerprint density at radius 2 is 1.90 bits per heavy atom. The van der Waals surface area contributed by atoms with Crippen LogP contribution in [-0.2, 0) is 0 Å². The lowest BCUT2D eigenvalue weighted by molar-refractivity contribution is 0.0706. The van der Waals surface area contributed by atoms with E-state index >= 15 is 0 Å². The first-order valence-electron chi connectivity index (χ1n) is 10.5. The molecule has 1 N–H and O–H groups in total. The van der Waals surface area contributed by atoms with Gasteiger partial charge in [-0.2, -0.15) is 0 Å². The number of fused-ring (bicyclic) bond motifs is 1. The highest BCUT2D eigenvalue weighted by Crippen LogP contribution is 2.28. The van der Waals surface area contributed by atoms with Gasteiger partial charge in [0.2, 0.25) is 0 Å². The van der Waals surface area contributed by atoms with E-state index in [1.54, 1.807) is 6.20 Å². The molecule has 0 aliphatic carbocycles. The van der Waals surface area contributed by atoms with Crippen molar-refractivity contribution < 1.29 is 4.79 Å². The zero-order chi connectivity index (χ0) is 21.2. The number of aromatic amines is 1. The number of carbonyl (C=O) groups is 1. The molecule has 6 heteroatoms. The maximum absolute atomic E-state index is 13.2. The summed E-state index contributed by atoms with van der Waals surface area (Å²) in [5, 5.41) is 2.12. The average molecular weight is 410 g/mol. The average Bonchev–Trinajstić information content (AvgIpc) is 2.83. The summed E-state index contributed by atoms with van der Waals surface area (Å²) < 4.78 is 0. The lowest BCUT2D eigenvalue weighted by Crippen LogP contribution is -2.39. The summed E-state index contributed by atoms with van der Waals surface area (Å²) in [5.74, 6) is 0.107. The lowest BCUT2D eigenvalue weighted by atomic mass is 9.93. The molecule has 1 fully saturated rings. The van der Waals surface area contributed by atoms with Crippen LogP contribution in [0.5, 0.6) is 0 Å². The Bertz CT molecular complexity index is 1300. The summed E-state index contributed by atoms with van der Waals surface area (Å²) in [5.41, 5.74) is 3.44. The van der Waals surface area contributed by atoms with Gasteiger partial charge in [0.05, 0.1) is 12.0 Å². The van der Waals surface area contributed by atoms with Crippen molar-refractivity contribution in [1.29, 1.82) is 0 Å². The van der Waals surface area contributed by atoms with E-state index in [9.17, 15) is 9.59 Å². The highest BCUT2D eigenvalue weighted by atomic mass is 16.2. The van der Waals surface area contributed by atoms with Crippen LogP contribution in [0.15, 0.2) is 78.1 Å². The van der Waals surface area contributed by atoms with Gasteiger partial charge in [-0.1, -0.05) is 24.3 Å². The van der Waals surface area contributed by atoms with Crippen LogP contribution in [0.25, 0.3) is 21.9 Å². The smallest absolute Gasteiger partial charge is 0.253 e. The molecule has 0 bridgehead atoms. The van der Waals surface area contributed by atoms with E-state index in [4.69, 9.17) is 0 Å². The number of H-pyrrole nitrogens is 1. The van der Waals surface area contributed by atoms with Crippen molar-refractivity contribution in [2.24, 2.45) is 0 Å². The molecule has 1 amide bonds. The molecule has 1 atom stereocenters. The maximum Gasteiger partial charge on any atom is 0.253 e. The van der Waals surface area contributed by atoms with Crippen molar-refractivity contribution in [3.8, 4) is 11.1 Å². The summed E-state index contributed by atoms with van der Waals surface area (Å²) >= 11 is 0. The predicted octanol–water partition coefficient (Wildman–Crippen LogP) is 4.00. The number of piperidine rings is 1. The van der Waals surface area contributed by atoms with Gasteiger partial charge in [0.1, 0.15) is 0 Å². The summed E-state index contributed by atoms with van der Waals surface area (Å²) in [6.07, 6.45) is 6.87. The van der Waals surface area contributed by atoms with Gasteiger partial charge in [-0.25, -0.2) is 4.98 Å². The van der Waals surface area contributed by atoms with Crippen molar-refractivity contribution in [3.63, 3.8) is 0 Å². The van der Waals surface area contributed by atoms with Crippen molar-refractivity contribution in [1.82, 2.24) is 19.9 Å². The minimum absolute atomic E-state index is 0.0211. The second-order valence-corrected chi connectivity index (χ2v) is 7.94. The standard InChI is InChI=1S/C25H22N4O2/c30-24-13-23(27-16-28-24)22-4-2-10-29(15-22)25(31)20-8-7-17-11-19(6-5-18(17)12-20)21-3-1-9-26-14-21/h1,3,5-9,11-14,16,22H,2,4,10,15H2,(H,27,28,30). The fraction of sp³-hybridized carbons (Fsp3) is 0.200. The molecule has 4 aromatic rings. The Morgan fingerprint density at radius 1 is 1.03 bits per heavy atom. The highest BCUT2D eigenvalue weighted by molar-refractivity contribution is 5.99. The third-order valence-corrected chi connectivity index (χ3v) is 5.91. The molecular weight excluding hydrogens is 388 g/mol. The Kier molecular flexibility index (Phi) is 5.04. The first-order valence-corrected chi connectivity index (χ1v) is 10.5. The molecule has 2 aromatic carbocycles. The predicted molar refractivity (Wildman–Crippen MR) is 120 cm³/mol. The zero-order valence-electron chi connectivity index (χ0n) is 17.0. The number of amides is 1. The molecular formula is C25H22N4O2. The summed E-state index contributed by atoms with van der Waals surface area (Å²) in [6, 6.07) is 17.6. The van der Waals surface area contributed by atoms with Crippen molar-refractivity contribution >= 4 is 16.7 Å². The van der Waals surface area contributed by atoms with Gasteiger partial charge in [-0.15, -0.1) is 0 Å². The van der Waals surface area contributed by atoms with E-state index in [1.165, 1.54) is 12.4 Å². The molecule has 0 radical (unpaired) electrons. The molecule has 5 rings (SSSR count). The number of hydrogen-bond donors (Lipinski definition) is 1. The number of rotatable bonds is 3. The molecule has 2 aromatic heterocycles. The second kappa shape index (κ2) is 8.14. The molecule has 1 saturated heterocycles. The minimum Gasteiger partial charge on any atom is -0.338 e. The molecule has 1 unspecified atom stereocenters. The van der Waals surface area contributed by atoms with Crippen LogP contribution in [0.2, 0.25) is 0 Å². The molecule has 6 nitrogen and oxygen atoms in total. The van der Waals surface area contributed by atoms with Crippen LogP contribution < -0.4 is 5.56 Å². The van der Waals surface area contributed by atoms with Crippen molar-refractivity contribution in [3.05, 3.63) is 94.9 Å². The van der Waals surface area contributed by atoms with Crippen LogP contribution in [0.4, 0.5) is 0 Å². The Labute approximate surface area is 179 Å². The van der Waals surface area contributed by atoms with Crippen molar-refractivity contribution in [2.45, 2.75) is 18.8 Å². The van der Waals surface area contributed by atoms with E-state index in [0.717, 1.165) is 47.0 Å². The molecule has 1 aliphatic rings. The van der Waals surface area contributed by atoms with E-state index in [-0.39, 0.29) is 17.4 Å². The minimum atomic E-state index is -0.159. The number of carbonyl (C=O) groups excluding carboxylic acids is 1. The molecule has 1 aliphatic heterocycles. The topological polar surface area (TPSA) is 79.0 Å². The van der Waals surface area contributed by atoms with E-state index in [1.807, 2.05) is 47.5 Å². The largest absolute Gasteiger partial charge is 0.338 e. The Morgan fingerprint density at radius 3 is 2.74 bits per heavy atom. The van der Waals surface area contributed by atoms with Gasteiger partial charge < -0.3 is 9.88 Å². The van der Waals surface area contributed by atoms with Crippen LogP contribution in [0, 0.1) is 0 Å². The number of nitrogens with zero attached hydrogens (tertiary/aromatic N) is 3. The third-order valence-electron chi connectivity index (χ3n) is 5.91. The summed E-state index contributed by atoms with van der Waals surface area (Å²) in [7, 11) is 0. The van der Waals surface area contributed by atoms with Gasteiger partial charge in [-0.3, -0.25) is 14.6 Å². The second-order valence-electron chi connectivity index (χ2n) is 7.94. The Hall–Kier alpha value is -3.80. The molecule has 154 valence electrons. The van der Waals surface area contributed by atoms with Crippen LogP contribution in [0.1, 0.15) is 34.8 Å². The van der Waals surface area contributed by atoms with Gasteiger partial charge in [0, 0.05) is 48.6 Å². The fourth-order valence-electron chi connectivity index (χ4n) is 4.28.